The monoisotopic (exact) mass is 276 g/mol. The van der Waals surface area contributed by atoms with Crippen LogP contribution in [0, 0.1) is 0 Å². The summed E-state index contributed by atoms with van der Waals surface area (Å²) >= 11 is 0. The number of hydrogen-bond acceptors (Lipinski definition) is 5. The van der Waals surface area contributed by atoms with Crippen molar-refractivity contribution in [3.8, 4) is 0 Å². The van der Waals surface area contributed by atoms with E-state index in [-0.39, 0.29) is 42.6 Å². The summed E-state index contributed by atoms with van der Waals surface area (Å²) < 4.78 is 27.7. The van der Waals surface area contributed by atoms with Gasteiger partial charge in [-0.05, 0) is 6.42 Å². The molecule has 0 aliphatic carbocycles. The lowest BCUT2D eigenvalue weighted by molar-refractivity contribution is -0.144. The van der Waals surface area contributed by atoms with Crippen LogP contribution in [0.2, 0.25) is 0 Å². The Morgan fingerprint density at radius 1 is 1.50 bits per heavy atom. The highest BCUT2D eigenvalue weighted by Crippen LogP contribution is 2.17. The number of carbonyl (C=O) groups excluding carboxylic acids is 2. The zero-order valence-electron chi connectivity index (χ0n) is 10.1. The summed E-state index contributed by atoms with van der Waals surface area (Å²) in [5, 5.41) is 2.54. The maximum atomic E-state index is 12.1. The van der Waals surface area contributed by atoms with E-state index in [4.69, 9.17) is 4.74 Å². The zero-order chi connectivity index (χ0) is 13.3. The van der Waals surface area contributed by atoms with Crippen LogP contribution in [0.3, 0.4) is 0 Å². The molecule has 8 heteroatoms. The van der Waals surface area contributed by atoms with E-state index in [1.165, 1.54) is 4.90 Å². The van der Waals surface area contributed by atoms with Crippen LogP contribution in [0.4, 0.5) is 0 Å². The second-order valence-electron chi connectivity index (χ2n) is 4.64. The molecule has 2 aliphatic rings. The Hall–Kier alpha value is -1.15. The number of ether oxygens (including phenoxy) is 1. The van der Waals surface area contributed by atoms with E-state index in [0.29, 0.717) is 6.42 Å². The molecule has 2 fully saturated rings. The molecule has 2 atom stereocenters. The summed E-state index contributed by atoms with van der Waals surface area (Å²) in [4.78, 5) is 24.6. The van der Waals surface area contributed by atoms with Gasteiger partial charge in [0.2, 0.25) is 11.8 Å². The first-order valence-corrected chi connectivity index (χ1v) is 7.55. The quantitative estimate of drug-likeness (QED) is 0.639. The molecule has 0 saturated carbocycles. The SMILES string of the molecule is CN(C(=O)C1COCC(=O)N1)C1CCS(=O)(=O)C1. The topological polar surface area (TPSA) is 92.8 Å². The van der Waals surface area contributed by atoms with Gasteiger partial charge < -0.3 is 15.0 Å². The Morgan fingerprint density at radius 2 is 2.22 bits per heavy atom. The lowest BCUT2D eigenvalue weighted by atomic mass is 10.2. The van der Waals surface area contributed by atoms with Crippen LogP contribution in [0.5, 0.6) is 0 Å². The third-order valence-corrected chi connectivity index (χ3v) is 5.01. The molecule has 102 valence electrons. The Morgan fingerprint density at radius 3 is 2.78 bits per heavy atom. The highest BCUT2D eigenvalue weighted by molar-refractivity contribution is 7.91. The molecule has 2 unspecified atom stereocenters. The predicted octanol–water partition coefficient (Wildman–Crippen LogP) is -1.85. The number of rotatable bonds is 2. The molecule has 0 aromatic carbocycles. The fourth-order valence-electron chi connectivity index (χ4n) is 2.19. The molecule has 2 heterocycles. The third kappa shape index (κ3) is 2.81. The molecule has 1 N–H and O–H groups in total. The number of amides is 2. The van der Waals surface area contributed by atoms with Crippen LogP contribution >= 0.6 is 0 Å². The van der Waals surface area contributed by atoms with Gasteiger partial charge in [0.1, 0.15) is 12.6 Å². The van der Waals surface area contributed by atoms with Crippen LogP contribution in [0.25, 0.3) is 0 Å². The van der Waals surface area contributed by atoms with Gasteiger partial charge >= 0.3 is 0 Å². The first-order valence-electron chi connectivity index (χ1n) is 5.73. The Kier molecular flexibility index (Phi) is 3.58. The Balaban J connectivity index is 1.98. The Labute approximate surface area is 105 Å². The average molecular weight is 276 g/mol. The number of hydrogen-bond donors (Lipinski definition) is 1. The summed E-state index contributed by atoms with van der Waals surface area (Å²) in [5.41, 5.74) is 0. The molecule has 18 heavy (non-hydrogen) atoms. The van der Waals surface area contributed by atoms with Gasteiger partial charge in [-0.1, -0.05) is 0 Å². The van der Waals surface area contributed by atoms with E-state index in [9.17, 15) is 18.0 Å². The summed E-state index contributed by atoms with van der Waals surface area (Å²) in [6, 6.07) is -1.01. The van der Waals surface area contributed by atoms with Crippen molar-refractivity contribution in [2.45, 2.75) is 18.5 Å². The van der Waals surface area contributed by atoms with E-state index in [1.54, 1.807) is 7.05 Å². The second-order valence-corrected chi connectivity index (χ2v) is 6.87. The highest BCUT2D eigenvalue weighted by atomic mass is 32.2. The van der Waals surface area contributed by atoms with Gasteiger partial charge in [-0.3, -0.25) is 9.59 Å². The van der Waals surface area contributed by atoms with Gasteiger partial charge in [-0.2, -0.15) is 0 Å². The predicted molar refractivity (Wildman–Crippen MR) is 62.6 cm³/mol. The summed E-state index contributed by atoms with van der Waals surface area (Å²) in [5.74, 6) is -0.517. The van der Waals surface area contributed by atoms with Gasteiger partial charge in [0.15, 0.2) is 9.84 Å². The van der Waals surface area contributed by atoms with Gasteiger partial charge in [0.25, 0.3) is 0 Å². The lowest BCUT2D eigenvalue weighted by Crippen LogP contribution is -2.56. The van der Waals surface area contributed by atoms with E-state index in [1.807, 2.05) is 0 Å². The van der Waals surface area contributed by atoms with Crippen molar-refractivity contribution in [2.24, 2.45) is 0 Å². The van der Waals surface area contributed by atoms with Crippen LogP contribution in [-0.2, 0) is 24.2 Å². The lowest BCUT2D eigenvalue weighted by Gasteiger charge is -2.30. The van der Waals surface area contributed by atoms with E-state index >= 15 is 0 Å². The van der Waals surface area contributed by atoms with Crippen LogP contribution < -0.4 is 5.32 Å². The molecule has 0 aromatic heterocycles. The third-order valence-electron chi connectivity index (χ3n) is 3.25. The van der Waals surface area contributed by atoms with Crippen LogP contribution in [0.15, 0.2) is 0 Å². The van der Waals surface area contributed by atoms with Crippen molar-refractivity contribution in [1.82, 2.24) is 10.2 Å². The first kappa shape index (κ1) is 13.3. The maximum Gasteiger partial charge on any atom is 0.247 e. The average Bonchev–Trinajstić information content (AvgIpc) is 2.68. The van der Waals surface area contributed by atoms with E-state index in [0.717, 1.165) is 0 Å². The van der Waals surface area contributed by atoms with Crippen molar-refractivity contribution >= 4 is 21.7 Å². The minimum absolute atomic E-state index is 0.00321. The molecule has 0 radical (unpaired) electrons. The molecule has 2 rings (SSSR count). The van der Waals surface area contributed by atoms with Crippen molar-refractivity contribution in [3.05, 3.63) is 0 Å². The molecule has 7 nitrogen and oxygen atoms in total. The number of nitrogens with zero attached hydrogens (tertiary/aromatic N) is 1. The molecular weight excluding hydrogens is 260 g/mol. The van der Waals surface area contributed by atoms with Crippen molar-refractivity contribution < 1.29 is 22.7 Å². The summed E-state index contributed by atoms with van der Waals surface area (Å²) in [6.45, 7) is 0.0969. The number of likely N-dealkylation sites (N-methyl/N-ethyl adjacent to an activating group) is 1. The molecule has 2 amide bonds. The van der Waals surface area contributed by atoms with Crippen molar-refractivity contribution in [3.63, 3.8) is 0 Å². The van der Waals surface area contributed by atoms with Crippen LogP contribution in [0.1, 0.15) is 6.42 Å². The summed E-state index contributed by atoms with van der Waals surface area (Å²) in [7, 11) is -1.46. The smallest absolute Gasteiger partial charge is 0.247 e. The van der Waals surface area contributed by atoms with Gasteiger partial charge in [-0.15, -0.1) is 0 Å². The molecule has 0 aromatic rings. The molecule has 0 spiro atoms. The Bertz CT molecular complexity index is 461. The number of morpholine rings is 1. The van der Waals surface area contributed by atoms with Crippen molar-refractivity contribution in [1.29, 1.82) is 0 Å². The van der Waals surface area contributed by atoms with E-state index < -0.39 is 15.9 Å². The van der Waals surface area contributed by atoms with E-state index in [2.05, 4.69) is 5.32 Å². The highest BCUT2D eigenvalue weighted by Gasteiger charge is 2.36. The zero-order valence-corrected chi connectivity index (χ0v) is 10.9. The fraction of sp³-hybridized carbons (Fsp3) is 0.800. The minimum Gasteiger partial charge on any atom is -0.369 e. The number of nitrogens with one attached hydrogen (secondary N) is 1. The molecule has 2 aliphatic heterocycles. The van der Waals surface area contributed by atoms with Gasteiger partial charge in [0, 0.05) is 13.1 Å². The molecule has 2 saturated heterocycles. The number of sulfone groups is 1. The minimum atomic E-state index is -3.03. The molecular formula is C10H16N2O5S. The fourth-order valence-corrected chi connectivity index (χ4v) is 3.96. The maximum absolute atomic E-state index is 12.1. The van der Waals surface area contributed by atoms with Crippen molar-refractivity contribution in [2.75, 3.05) is 31.8 Å². The largest absolute Gasteiger partial charge is 0.369 e. The normalized spacial score (nSPS) is 30.8. The number of carbonyl (C=O) groups is 2. The summed E-state index contributed by atoms with van der Waals surface area (Å²) in [6.07, 6.45) is 0.450. The first-order chi connectivity index (χ1) is 8.39. The standard InChI is InChI=1S/C10H16N2O5S/c1-12(7-2-3-18(15,16)6-7)10(14)8-4-17-5-9(13)11-8/h7-8H,2-6H2,1H3,(H,11,13). The second kappa shape index (κ2) is 4.85. The van der Waals surface area contributed by atoms with Gasteiger partial charge in [0.05, 0.1) is 18.1 Å². The van der Waals surface area contributed by atoms with Gasteiger partial charge in [-0.25, -0.2) is 8.42 Å². The van der Waals surface area contributed by atoms with Crippen LogP contribution in [-0.4, -0.2) is 69.0 Å². The molecule has 0 bridgehead atoms.